The Kier molecular flexibility index (Phi) is 6.33. The van der Waals surface area contributed by atoms with Crippen LogP contribution < -0.4 is 11.1 Å². The van der Waals surface area contributed by atoms with E-state index in [0.29, 0.717) is 30.2 Å². The largest absolute Gasteiger partial charge is 0.355 e. The van der Waals surface area contributed by atoms with Gasteiger partial charge in [0.05, 0.1) is 0 Å². The monoisotopic (exact) mass is 302 g/mol. The quantitative estimate of drug-likeness (QED) is 0.820. The number of halogens is 1. The third-order valence-corrected chi connectivity index (χ3v) is 4.71. The summed E-state index contributed by atoms with van der Waals surface area (Å²) in [6.45, 7) is 7.64. The number of rotatable bonds is 5. The van der Waals surface area contributed by atoms with Crippen molar-refractivity contribution in [3.8, 4) is 0 Å². The van der Waals surface area contributed by atoms with E-state index in [2.05, 4.69) is 26.1 Å². The van der Waals surface area contributed by atoms with Crippen molar-refractivity contribution < 1.29 is 4.79 Å². The molecule has 0 aromatic heterocycles. The lowest BCUT2D eigenvalue weighted by atomic mass is 9.67. The SMILES string of the molecule is CC1CC(CC(=O)NCC(N)C2CC2)CC(C)(C)C1.Cl. The highest BCUT2D eigenvalue weighted by molar-refractivity contribution is 5.85. The van der Waals surface area contributed by atoms with Crippen molar-refractivity contribution in [2.24, 2.45) is 28.9 Å². The Morgan fingerprint density at radius 1 is 1.35 bits per heavy atom. The molecule has 3 N–H and O–H groups in total. The third kappa shape index (κ3) is 5.61. The summed E-state index contributed by atoms with van der Waals surface area (Å²) >= 11 is 0. The summed E-state index contributed by atoms with van der Waals surface area (Å²) in [5.74, 6) is 2.16. The minimum Gasteiger partial charge on any atom is -0.355 e. The zero-order valence-electron chi connectivity index (χ0n) is 13.2. The molecule has 20 heavy (non-hydrogen) atoms. The predicted octanol–water partition coefficient (Wildman–Crippen LogP) is 3.11. The van der Waals surface area contributed by atoms with Gasteiger partial charge in [0.15, 0.2) is 0 Å². The summed E-state index contributed by atoms with van der Waals surface area (Å²) in [6, 6.07) is 0.172. The molecule has 2 fully saturated rings. The number of nitrogens with two attached hydrogens (primary N) is 1. The van der Waals surface area contributed by atoms with Crippen LogP contribution in [0, 0.1) is 23.2 Å². The fraction of sp³-hybridized carbons (Fsp3) is 0.938. The summed E-state index contributed by atoms with van der Waals surface area (Å²) < 4.78 is 0. The van der Waals surface area contributed by atoms with Gasteiger partial charge in [0.25, 0.3) is 0 Å². The van der Waals surface area contributed by atoms with Crippen molar-refractivity contribution in [2.45, 2.75) is 65.3 Å². The van der Waals surface area contributed by atoms with Gasteiger partial charge in [-0.05, 0) is 55.3 Å². The van der Waals surface area contributed by atoms with Gasteiger partial charge < -0.3 is 11.1 Å². The number of carbonyl (C=O) groups is 1. The first-order valence-electron chi connectivity index (χ1n) is 7.88. The molecule has 3 unspecified atom stereocenters. The maximum Gasteiger partial charge on any atom is 0.220 e. The maximum absolute atomic E-state index is 12.0. The van der Waals surface area contributed by atoms with Crippen LogP contribution in [0.2, 0.25) is 0 Å². The van der Waals surface area contributed by atoms with Crippen molar-refractivity contribution >= 4 is 18.3 Å². The molecule has 118 valence electrons. The normalized spacial score (nSPS) is 30.2. The van der Waals surface area contributed by atoms with E-state index in [1.54, 1.807) is 0 Å². The zero-order valence-corrected chi connectivity index (χ0v) is 14.0. The topological polar surface area (TPSA) is 55.1 Å². The minimum atomic E-state index is 0. The molecule has 0 radical (unpaired) electrons. The first kappa shape index (κ1) is 17.8. The second-order valence-corrected chi connectivity index (χ2v) is 7.79. The molecule has 0 bridgehead atoms. The van der Waals surface area contributed by atoms with Gasteiger partial charge in [0, 0.05) is 19.0 Å². The Labute approximate surface area is 129 Å². The highest BCUT2D eigenvalue weighted by Crippen LogP contribution is 2.42. The Bertz CT molecular complexity index is 328. The van der Waals surface area contributed by atoms with Crippen LogP contribution in [-0.4, -0.2) is 18.5 Å². The van der Waals surface area contributed by atoms with Gasteiger partial charge in [0.2, 0.25) is 5.91 Å². The molecule has 0 aliphatic heterocycles. The molecule has 2 aliphatic rings. The molecule has 0 aromatic carbocycles. The molecule has 3 nitrogen and oxygen atoms in total. The second-order valence-electron chi connectivity index (χ2n) is 7.79. The zero-order chi connectivity index (χ0) is 14.0. The van der Waals surface area contributed by atoms with Crippen LogP contribution in [0.3, 0.4) is 0 Å². The first-order chi connectivity index (χ1) is 8.85. The lowest BCUT2D eigenvalue weighted by Gasteiger charge is -2.38. The molecule has 0 aromatic rings. The van der Waals surface area contributed by atoms with Crippen molar-refractivity contribution in [3.63, 3.8) is 0 Å². The molecule has 0 heterocycles. The van der Waals surface area contributed by atoms with Crippen molar-refractivity contribution in [1.29, 1.82) is 0 Å². The summed E-state index contributed by atoms with van der Waals surface area (Å²) in [5.41, 5.74) is 6.41. The lowest BCUT2D eigenvalue weighted by Crippen LogP contribution is -2.40. The predicted molar refractivity (Wildman–Crippen MR) is 85.9 cm³/mol. The number of nitrogens with one attached hydrogen (secondary N) is 1. The first-order valence-corrected chi connectivity index (χ1v) is 7.88. The van der Waals surface area contributed by atoms with Gasteiger partial charge in [-0.1, -0.05) is 20.8 Å². The molecule has 1 amide bonds. The van der Waals surface area contributed by atoms with E-state index in [-0.39, 0.29) is 24.4 Å². The minimum absolute atomic E-state index is 0. The lowest BCUT2D eigenvalue weighted by molar-refractivity contribution is -0.122. The average Bonchev–Trinajstić information content (AvgIpc) is 3.06. The van der Waals surface area contributed by atoms with E-state index in [1.165, 1.54) is 32.1 Å². The van der Waals surface area contributed by atoms with Gasteiger partial charge in [-0.15, -0.1) is 12.4 Å². The van der Waals surface area contributed by atoms with Crippen LogP contribution in [0.25, 0.3) is 0 Å². The number of carbonyl (C=O) groups excluding carboxylic acids is 1. The highest BCUT2D eigenvalue weighted by atomic mass is 35.5. The van der Waals surface area contributed by atoms with Gasteiger partial charge in [-0.25, -0.2) is 0 Å². The number of hydrogen-bond acceptors (Lipinski definition) is 2. The van der Waals surface area contributed by atoms with Crippen LogP contribution in [0.15, 0.2) is 0 Å². The summed E-state index contributed by atoms with van der Waals surface area (Å²) in [5, 5.41) is 3.03. The van der Waals surface area contributed by atoms with Crippen LogP contribution >= 0.6 is 12.4 Å². The van der Waals surface area contributed by atoms with E-state index in [0.717, 1.165) is 5.92 Å². The molecule has 0 spiro atoms. The Hall–Kier alpha value is -0.280. The molecular formula is C16H31ClN2O. The standard InChI is InChI=1S/C16H30N2O.ClH/c1-11-6-12(9-16(2,3)8-11)7-15(19)18-10-14(17)13-4-5-13;/h11-14H,4-10,17H2,1-3H3,(H,18,19);1H. The Morgan fingerprint density at radius 3 is 2.55 bits per heavy atom. The molecule has 0 saturated heterocycles. The summed E-state index contributed by atoms with van der Waals surface area (Å²) in [6.07, 6.45) is 6.84. The molecule has 2 aliphatic carbocycles. The van der Waals surface area contributed by atoms with E-state index in [4.69, 9.17) is 5.73 Å². The smallest absolute Gasteiger partial charge is 0.220 e. The fourth-order valence-electron chi connectivity index (χ4n) is 3.96. The summed E-state index contributed by atoms with van der Waals surface area (Å²) in [7, 11) is 0. The fourth-order valence-corrected chi connectivity index (χ4v) is 3.96. The van der Waals surface area contributed by atoms with E-state index >= 15 is 0 Å². The van der Waals surface area contributed by atoms with Crippen molar-refractivity contribution in [3.05, 3.63) is 0 Å². The van der Waals surface area contributed by atoms with Crippen molar-refractivity contribution in [1.82, 2.24) is 5.32 Å². The average molecular weight is 303 g/mol. The maximum atomic E-state index is 12.0. The molecule has 2 saturated carbocycles. The Morgan fingerprint density at radius 2 is 2.00 bits per heavy atom. The van der Waals surface area contributed by atoms with Crippen LogP contribution in [0.5, 0.6) is 0 Å². The number of amides is 1. The van der Waals surface area contributed by atoms with E-state index in [1.807, 2.05) is 0 Å². The van der Waals surface area contributed by atoms with Crippen molar-refractivity contribution in [2.75, 3.05) is 6.54 Å². The van der Waals surface area contributed by atoms with Gasteiger partial charge >= 0.3 is 0 Å². The van der Waals surface area contributed by atoms with Crippen LogP contribution in [-0.2, 0) is 4.79 Å². The van der Waals surface area contributed by atoms with Crippen LogP contribution in [0.4, 0.5) is 0 Å². The Balaban J connectivity index is 0.00000200. The molecular weight excluding hydrogens is 272 g/mol. The molecule has 3 atom stereocenters. The van der Waals surface area contributed by atoms with Crippen LogP contribution in [0.1, 0.15) is 59.3 Å². The van der Waals surface area contributed by atoms with E-state index < -0.39 is 0 Å². The second kappa shape index (κ2) is 7.13. The number of hydrogen-bond donors (Lipinski definition) is 2. The summed E-state index contributed by atoms with van der Waals surface area (Å²) in [4.78, 5) is 12.0. The molecule has 2 rings (SSSR count). The highest BCUT2D eigenvalue weighted by Gasteiger charge is 2.33. The van der Waals surface area contributed by atoms with E-state index in [9.17, 15) is 4.79 Å². The third-order valence-electron chi connectivity index (χ3n) is 4.71. The molecule has 4 heteroatoms. The van der Waals surface area contributed by atoms with Gasteiger partial charge in [-0.3, -0.25) is 4.79 Å². The van der Waals surface area contributed by atoms with Gasteiger partial charge in [0.1, 0.15) is 0 Å². The van der Waals surface area contributed by atoms with Gasteiger partial charge in [-0.2, -0.15) is 0 Å².